The van der Waals surface area contributed by atoms with Crippen LogP contribution in [0.2, 0.25) is 5.02 Å². The number of aliphatic hydroxyl groups is 1. The van der Waals surface area contributed by atoms with E-state index in [0.717, 1.165) is 18.1 Å². The second kappa shape index (κ2) is 11.3. The minimum Gasteiger partial charge on any atom is -0.493 e. The van der Waals surface area contributed by atoms with E-state index in [2.05, 4.69) is 11.5 Å². The number of methoxy groups -OCH3 is 1. The van der Waals surface area contributed by atoms with Crippen molar-refractivity contribution in [3.8, 4) is 11.5 Å². The van der Waals surface area contributed by atoms with Crippen LogP contribution in [0.5, 0.6) is 11.5 Å². The molecular formula is C24H28ClFN2O4. The minimum atomic E-state index is -0.705. The van der Waals surface area contributed by atoms with E-state index >= 15 is 0 Å². The lowest BCUT2D eigenvalue weighted by molar-refractivity contribution is 0.0398. The number of carbonyl (C=O) groups excluding carboxylic acids is 1. The van der Waals surface area contributed by atoms with Gasteiger partial charge in [-0.25, -0.2) is 4.39 Å². The van der Waals surface area contributed by atoms with Gasteiger partial charge in [-0.3, -0.25) is 9.69 Å². The number of aliphatic hydroxyl groups excluding tert-OH is 1. The first kappa shape index (κ1) is 24.0. The smallest absolute Gasteiger partial charge is 0.256 e. The van der Waals surface area contributed by atoms with Crippen molar-refractivity contribution in [2.45, 2.75) is 12.5 Å². The van der Waals surface area contributed by atoms with Crippen LogP contribution in [0.4, 0.5) is 4.39 Å². The van der Waals surface area contributed by atoms with E-state index in [1.54, 1.807) is 12.0 Å². The third-order valence-corrected chi connectivity index (χ3v) is 5.56. The second-order valence-corrected chi connectivity index (χ2v) is 8.10. The number of carbonyl (C=O) groups is 1. The number of ether oxygens (including phenoxy) is 2. The van der Waals surface area contributed by atoms with Crippen LogP contribution < -0.4 is 9.47 Å². The zero-order valence-electron chi connectivity index (χ0n) is 18.1. The summed E-state index contributed by atoms with van der Waals surface area (Å²) in [6.07, 6.45) is 1.85. The Morgan fingerprint density at radius 1 is 1.22 bits per heavy atom. The van der Waals surface area contributed by atoms with E-state index < -0.39 is 11.9 Å². The largest absolute Gasteiger partial charge is 0.493 e. The first-order chi connectivity index (χ1) is 15.4. The van der Waals surface area contributed by atoms with Gasteiger partial charge in [0.1, 0.15) is 18.5 Å². The molecule has 3 rings (SSSR count). The predicted octanol–water partition coefficient (Wildman–Crippen LogP) is 3.41. The molecule has 172 valence electrons. The highest BCUT2D eigenvalue weighted by Crippen LogP contribution is 2.28. The molecule has 2 aromatic carbocycles. The van der Waals surface area contributed by atoms with Gasteiger partial charge in [0.05, 0.1) is 12.7 Å². The number of hydrogen-bond acceptors (Lipinski definition) is 5. The van der Waals surface area contributed by atoms with Crippen molar-refractivity contribution in [1.82, 2.24) is 9.80 Å². The average Bonchev–Trinajstić information content (AvgIpc) is 2.78. The molecule has 0 aliphatic carbocycles. The fourth-order valence-electron chi connectivity index (χ4n) is 3.63. The van der Waals surface area contributed by atoms with Crippen molar-refractivity contribution < 1.29 is 23.8 Å². The maximum Gasteiger partial charge on any atom is 0.256 e. The standard InChI is InChI=1S/C24H28ClFN2O4/c1-3-4-17-5-8-22(23(13-17)31-2)32-16-19(29)15-27-9-11-28(12-10-27)24(30)20-7-6-18(25)14-21(20)26/h3,5-8,13-14,19,29H,1,4,9-12,15-16H2,2H3. The number of halogens is 2. The van der Waals surface area contributed by atoms with Crippen molar-refractivity contribution in [3.63, 3.8) is 0 Å². The molecule has 1 saturated heterocycles. The van der Waals surface area contributed by atoms with E-state index in [1.807, 2.05) is 24.3 Å². The number of rotatable bonds is 9. The number of allylic oxidation sites excluding steroid dienone is 1. The molecule has 32 heavy (non-hydrogen) atoms. The summed E-state index contributed by atoms with van der Waals surface area (Å²) in [5.41, 5.74) is 1.08. The monoisotopic (exact) mass is 462 g/mol. The second-order valence-electron chi connectivity index (χ2n) is 7.66. The maximum atomic E-state index is 14.0. The molecule has 0 aromatic heterocycles. The molecule has 1 atom stereocenters. The van der Waals surface area contributed by atoms with Gasteiger partial charge in [-0.1, -0.05) is 23.7 Å². The Labute approximate surface area is 192 Å². The Morgan fingerprint density at radius 3 is 2.62 bits per heavy atom. The number of piperazine rings is 1. The highest BCUT2D eigenvalue weighted by molar-refractivity contribution is 6.30. The molecule has 0 saturated carbocycles. The Morgan fingerprint density at radius 2 is 1.97 bits per heavy atom. The Bertz CT molecular complexity index is 948. The highest BCUT2D eigenvalue weighted by atomic mass is 35.5. The molecule has 1 heterocycles. The lowest BCUT2D eigenvalue weighted by atomic mass is 10.1. The molecule has 1 aliphatic rings. The van der Waals surface area contributed by atoms with Crippen molar-refractivity contribution in [3.05, 3.63) is 71.0 Å². The third kappa shape index (κ3) is 6.22. The summed E-state index contributed by atoms with van der Waals surface area (Å²) in [5.74, 6) is 0.207. The van der Waals surface area contributed by atoms with E-state index in [1.165, 1.54) is 12.1 Å². The number of amides is 1. The summed E-state index contributed by atoms with van der Waals surface area (Å²) < 4.78 is 25.2. The number of nitrogens with zero attached hydrogens (tertiary/aromatic N) is 2. The quantitative estimate of drug-likeness (QED) is 0.579. The topological polar surface area (TPSA) is 62.2 Å². The molecule has 0 bridgehead atoms. The average molecular weight is 463 g/mol. The molecule has 8 heteroatoms. The van der Waals surface area contributed by atoms with Gasteiger partial charge in [0, 0.05) is 37.7 Å². The van der Waals surface area contributed by atoms with E-state index in [9.17, 15) is 14.3 Å². The van der Waals surface area contributed by atoms with Crippen LogP contribution >= 0.6 is 11.6 Å². The number of β-amino-alcohol motifs (C(OH)–C–C–N with tert-alkyl or cyclic N) is 1. The lowest BCUT2D eigenvalue weighted by Gasteiger charge is -2.35. The van der Waals surface area contributed by atoms with Gasteiger partial charge in [0.25, 0.3) is 5.91 Å². The highest BCUT2D eigenvalue weighted by Gasteiger charge is 2.25. The molecule has 1 unspecified atom stereocenters. The van der Waals surface area contributed by atoms with Gasteiger partial charge in [-0.05, 0) is 42.3 Å². The van der Waals surface area contributed by atoms with Crippen LogP contribution in [0.1, 0.15) is 15.9 Å². The fraction of sp³-hybridized carbons (Fsp3) is 0.375. The molecule has 2 aromatic rings. The predicted molar refractivity (Wildman–Crippen MR) is 122 cm³/mol. The van der Waals surface area contributed by atoms with Crippen LogP contribution in [0.25, 0.3) is 0 Å². The normalized spacial score (nSPS) is 15.3. The van der Waals surface area contributed by atoms with Gasteiger partial charge < -0.3 is 19.5 Å². The Hall–Kier alpha value is -2.61. The molecular weight excluding hydrogens is 435 g/mol. The van der Waals surface area contributed by atoms with Crippen molar-refractivity contribution in [1.29, 1.82) is 0 Å². The van der Waals surface area contributed by atoms with Crippen molar-refractivity contribution in [2.75, 3.05) is 46.4 Å². The van der Waals surface area contributed by atoms with Crippen molar-refractivity contribution in [2.24, 2.45) is 0 Å². The van der Waals surface area contributed by atoms with Gasteiger partial charge in [-0.15, -0.1) is 6.58 Å². The SMILES string of the molecule is C=CCc1ccc(OCC(O)CN2CCN(C(=O)c3ccc(Cl)cc3F)CC2)c(OC)c1. The van der Waals surface area contributed by atoms with Gasteiger partial charge in [-0.2, -0.15) is 0 Å². The summed E-state index contributed by atoms with van der Waals surface area (Å²) in [4.78, 5) is 16.3. The zero-order valence-corrected chi connectivity index (χ0v) is 18.9. The summed E-state index contributed by atoms with van der Waals surface area (Å²) in [7, 11) is 1.58. The van der Waals surface area contributed by atoms with Crippen molar-refractivity contribution >= 4 is 17.5 Å². The summed E-state index contributed by atoms with van der Waals surface area (Å²) in [6.45, 7) is 6.33. The van der Waals surface area contributed by atoms with Gasteiger partial charge >= 0.3 is 0 Å². The van der Waals surface area contributed by atoms with E-state index in [0.29, 0.717) is 44.2 Å². The minimum absolute atomic E-state index is 0.0179. The third-order valence-electron chi connectivity index (χ3n) is 5.33. The zero-order chi connectivity index (χ0) is 23.1. The summed E-state index contributed by atoms with van der Waals surface area (Å²) in [6, 6.07) is 9.71. The molecule has 1 fully saturated rings. The fourth-order valence-corrected chi connectivity index (χ4v) is 3.79. The first-order valence-electron chi connectivity index (χ1n) is 10.5. The van der Waals surface area contributed by atoms with Crippen LogP contribution in [0, 0.1) is 5.82 Å². The molecule has 1 N–H and O–H groups in total. The van der Waals surface area contributed by atoms with Gasteiger partial charge in [0.2, 0.25) is 0 Å². The molecule has 0 radical (unpaired) electrons. The number of benzene rings is 2. The lowest BCUT2D eigenvalue weighted by Crippen LogP contribution is -2.51. The Balaban J connectivity index is 1.47. The molecule has 0 spiro atoms. The molecule has 1 amide bonds. The van der Waals surface area contributed by atoms with Crippen LogP contribution in [-0.4, -0.2) is 73.4 Å². The Kier molecular flexibility index (Phi) is 8.50. The molecule has 6 nitrogen and oxygen atoms in total. The summed E-state index contributed by atoms with van der Waals surface area (Å²) in [5, 5.41) is 10.7. The van der Waals surface area contributed by atoms with Crippen LogP contribution in [0.3, 0.4) is 0 Å². The van der Waals surface area contributed by atoms with Crippen LogP contribution in [0.15, 0.2) is 49.1 Å². The summed E-state index contributed by atoms with van der Waals surface area (Å²) >= 11 is 5.76. The first-order valence-corrected chi connectivity index (χ1v) is 10.8. The van der Waals surface area contributed by atoms with Gasteiger partial charge in [0.15, 0.2) is 11.5 Å². The van der Waals surface area contributed by atoms with E-state index in [-0.39, 0.29) is 23.1 Å². The number of hydrogen-bond donors (Lipinski definition) is 1. The maximum absolute atomic E-state index is 14.0. The van der Waals surface area contributed by atoms with E-state index in [4.69, 9.17) is 21.1 Å². The molecule has 1 aliphatic heterocycles. The van der Waals surface area contributed by atoms with Crippen LogP contribution in [-0.2, 0) is 6.42 Å².